The van der Waals surface area contributed by atoms with Crippen LogP contribution in [0.15, 0.2) is 5.10 Å². The summed E-state index contributed by atoms with van der Waals surface area (Å²) >= 11 is 0. The number of rotatable bonds is 3. The molecule has 0 aromatic rings. The van der Waals surface area contributed by atoms with Crippen LogP contribution in [0.1, 0.15) is 19.3 Å². The molecule has 0 saturated carbocycles. The Labute approximate surface area is 70.4 Å². The van der Waals surface area contributed by atoms with Crippen molar-refractivity contribution in [2.75, 3.05) is 6.54 Å². The van der Waals surface area contributed by atoms with Crippen molar-refractivity contribution in [3.05, 3.63) is 0 Å². The molecule has 1 amide bonds. The first-order valence-electron chi connectivity index (χ1n) is 3.74. The van der Waals surface area contributed by atoms with Crippen molar-refractivity contribution >= 4 is 11.7 Å². The highest BCUT2D eigenvalue weighted by Crippen LogP contribution is 2.06. The number of amidine groups is 1. The van der Waals surface area contributed by atoms with Gasteiger partial charge in [0.1, 0.15) is 5.84 Å². The molecule has 0 aromatic carbocycles. The van der Waals surface area contributed by atoms with Gasteiger partial charge in [0.25, 0.3) is 0 Å². The molecule has 0 spiro atoms. The number of nitrogens with zero attached hydrogens (tertiary/aromatic N) is 3. The van der Waals surface area contributed by atoms with Gasteiger partial charge in [-0.2, -0.15) is 10.4 Å². The highest BCUT2D eigenvalue weighted by atomic mass is 16.2. The van der Waals surface area contributed by atoms with Crippen LogP contribution in [0.4, 0.5) is 0 Å². The van der Waals surface area contributed by atoms with Gasteiger partial charge in [-0.25, -0.2) is 5.01 Å². The summed E-state index contributed by atoms with van der Waals surface area (Å²) in [5, 5.41) is 13.4. The quantitative estimate of drug-likeness (QED) is 0.589. The number of carbonyl (C=O) groups excluding carboxylic acids is 1. The molecular weight excluding hydrogens is 156 g/mol. The first kappa shape index (κ1) is 8.53. The molecule has 1 heterocycles. The van der Waals surface area contributed by atoms with Gasteiger partial charge in [-0.15, -0.1) is 0 Å². The molecule has 2 N–H and O–H groups in total. The second-order valence-corrected chi connectivity index (χ2v) is 2.55. The molecule has 64 valence electrons. The minimum Gasteiger partial charge on any atom is -0.385 e. The van der Waals surface area contributed by atoms with Gasteiger partial charge >= 0.3 is 0 Å². The van der Waals surface area contributed by atoms with Crippen molar-refractivity contribution in [2.24, 2.45) is 10.8 Å². The number of carbonyl (C=O) groups is 1. The van der Waals surface area contributed by atoms with Crippen molar-refractivity contribution in [1.82, 2.24) is 5.01 Å². The van der Waals surface area contributed by atoms with Crippen LogP contribution in [0.3, 0.4) is 0 Å². The third kappa shape index (κ3) is 1.95. The van der Waals surface area contributed by atoms with E-state index in [4.69, 9.17) is 11.0 Å². The standard InChI is InChI=1S/C7H10N4O/c8-3-1-2-4-11-7(12)5-6(9)10-11/h1-2,4-5H2,(H2,9,10). The normalized spacial score (nSPS) is 16.1. The molecule has 0 fully saturated rings. The number of nitrogens with two attached hydrogens (primary N) is 1. The van der Waals surface area contributed by atoms with E-state index in [0.29, 0.717) is 25.2 Å². The Morgan fingerprint density at radius 1 is 1.75 bits per heavy atom. The average Bonchev–Trinajstić information content (AvgIpc) is 2.31. The molecule has 0 saturated heterocycles. The van der Waals surface area contributed by atoms with Gasteiger partial charge in [0.2, 0.25) is 5.91 Å². The second-order valence-electron chi connectivity index (χ2n) is 2.55. The van der Waals surface area contributed by atoms with Crippen molar-refractivity contribution in [2.45, 2.75) is 19.3 Å². The Balaban J connectivity index is 2.34. The van der Waals surface area contributed by atoms with E-state index in [1.165, 1.54) is 5.01 Å². The summed E-state index contributed by atoms with van der Waals surface area (Å²) < 4.78 is 0. The van der Waals surface area contributed by atoms with E-state index in [2.05, 4.69) is 5.10 Å². The minimum atomic E-state index is -0.0783. The van der Waals surface area contributed by atoms with E-state index in [1.54, 1.807) is 0 Å². The summed E-state index contributed by atoms with van der Waals surface area (Å²) in [6, 6.07) is 2.00. The van der Waals surface area contributed by atoms with E-state index >= 15 is 0 Å². The predicted octanol–water partition coefficient (Wildman–Crippen LogP) is -0.205. The monoisotopic (exact) mass is 166 g/mol. The number of amides is 1. The lowest BCUT2D eigenvalue weighted by atomic mass is 10.3. The van der Waals surface area contributed by atoms with Gasteiger partial charge in [-0.05, 0) is 6.42 Å². The molecule has 1 rings (SSSR count). The second kappa shape index (κ2) is 3.72. The molecule has 1 aliphatic rings. The largest absolute Gasteiger partial charge is 0.385 e. The Hall–Kier alpha value is -1.57. The fraction of sp³-hybridized carbons (Fsp3) is 0.571. The fourth-order valence-electron chi connectivity index (χ4n) is 0.975. The average molecular weight is 166 g/mol. The third-order valence-corrected chi connectivity index (χ3v) is 1.53. The Morgan fingerprint density at radius 3 is 3.00 bits per heavy atom. The number of hydrazone groups is 1. The van der Waals surface area contributed by atoms with Gasteiger partial charge in [-0.1, -0.05) is 0 Å². The van der Waals surface area contributed by atoms with Crippen LogP contribution in [0.25, 0.3) is 0 Å². The molecule has 0 unspecified atom stereocenters. The van der Waals surface area contributed by atoms with E-state index in [-0.39, 0.29) is 12.3 Å². The molecule has 1 aliphatic heterocycles. The van der Waals surface area contributed by atoms with E-state index in [0.717, 1.165) is 0 Å². The van der Waals surface area contributed by atoms with Crippen LogP contribution in [0.5, 0.6) is 0 Å². The zero-order valence-corrected chi connectivity index (χ0v) is 6.66. The zero-order chi connectivity index (χ0) is 8.97. The van der Waals surface area contributed by atoms with Crippen LogP contribution in [-0.4, -0.2) is 23.3 Å². The van der Waals surface area contributed by atoms with Gasteiger partial charge < -0.3 is 5.73 Å². The third-order valence-electron chi connectivity index (χ3n) is 1.53. The fourth-order valence-corrected chi connectivity index (χ4v) is 0.975. The van der Waals surface area contributed by atoms with Crippen molar-refractivity contribution in [3.63, 3.8) is 0 Å². The Bertz CT molecular complexity index is 253. The Morgan fingerprint density at radius 2 is 2.50 bits per heavy atom. The predicted molar refractivity (Wildman–Crippen MR) is 42.8 cm³/mol. The van der Waals surface area contributed by atoms with E-state index in [1.807, 2.05) is 6.07 Å². The van der Waals surface area contributed by atoms with E-state index < -0.39 is 0 Å². The van der Waals surface area contributed by atoms with Crippen molar-refractivity contribution in [3.8, 4) is 6.07 Å². The maximum Gasteiger partial charge on any atom is 0.250 e. The van der Waals surface area contributed by atoms with Crippen molar-refractivity contribution in [1.29, 1.82) is 5.26 Å². The highest BCUT2D eigenvalue weighted by molar-refractivity contribution is 6.02. The first-order valence-corrected chi connectivity index (χ1v) is 3.74. The SMILES string of the molecule is N#CCCCN1N=C(N)CC1=O. The van der Waals surface area contributed by atoms with Crippen LogP contribution < -0.4 is 5.73 Å². The maximum atomic E-state index is 11.0. The molecule has 0 aliphatic carbocycles. The summed E-state index contributed by atoms with van der Waals surface area (Å²) in [6.07, 6.45) is 1.31. The van der Waals surface area contributed by atoms with Gasteiger partial charge in [0.05, 0.1) is 12.5 Å². The molecule has 12 heavy (non-hydrogen) atoms. The maximum absolute atomic E-state index is 11.0. The minimum absolute atomic E-state index is 0.0783. The van der Waals surface area contributed by atoms with Crippen LogP contribution in [-0.2, 0) is 4.79 Å². The number of nitriles is 1. The summed E-state index contributed by atoms with van der Waals surface area (Å²) in [5.74, 6) is 0.280. The molecule has 0 bridgehead atoms. The molecular formula is C7H10N4O. The smallest absolute Gasteiger partial charge is 0.250 e. The lowest BCUT2D eigenvalue weighted by Crippen LogP contribution is -2.21. The molecule has 5 heteroatoms. The summed E-state index contributed by atoms with van der Waals surface area (Å²) in [6.45, 7) is 0.493. The lowest BCUT2D eigenvalue weighted by Gasteiger charge is -2.08. The summed E-state index contributed by atoms with van der Waals surface area (Å²) in [5.41, 5.74) is 5.34. The summed E-state index contributed by atoms with van der Waals surface area (Å²) in [7, 11) is 0. The molecule has 0 atom stereocenters. The lowest BCUT2D eigenvalue weighted by molar-refractivity contribution is -0.128. The van der Waals surface area contributed by atoms with Crippen LogP contribution in [0, 0.1) is 11.3 Å². The first-order chi connectivity index (χ1) is 5.74. The number of unbranched alkanes of at least 4 members (excludes halogenated alkanes) is 1. The van der Waals surface area contributed by atoms with Gasteiger partial charge in [-0.3, -0.25) is 4.79 Å². The molecule has 5 nitrogen and oxygen atoms in total. The summed E-state index contributed by atoms with van der Waals surface area (Å²) in [4.78, 5) is 11.0. The zero-order valence-electron chi connectivity index (χ0n) is 6.66. The van der Waals surface area contributed by atoms with Crippen LogP contribution in [0.2, 0.25) is 0 Å². The van der Waals surface area contributed by atoms with Crippen molar-refractivity contribution < 1.29 is 4.79 Å². The molecule has 0 radical (unpaired) electrons. The number of hydrogen-bond acceptors (Lipinski definition) is 4. The topological polar surface area (TPSA) is 82.5 Å². The molecule has 0 aromatic heterocycles. The van der Waals surface area contributed by atoms with Gasteiger partial charge in [0.15, 0.2) is 0 Å². The van der Waals surface area contributed by atoms with Crippen LogP contribution >= 0.6 is 0 Å². The Kier molecular flexibility index (Phi) is 2.64. The number of hydrogen-bond donors (Lipinski definition) is 1. The highest BCUT2D eigenvalue weighted by Gasteiger charge is 2.20. The van der Waals surface area contributed by atoms with E-state index in [9.17, 15) is 4.79 Å². The van der Waals surface area contributed by atoms with Gasteiger partial charge in [0, 0.05) is 13.0 Å².